The van der Waals surface area contributed by atoms with Crippen LogP contribution in [0, 0.1) is 6.92 Å². The van der Waals surface area contributed by atoms with Crippen molar-refractivity contribution in [3.05, 3.63) is 41.5 Å². The number of nitrogens with one attached hydrogen (secondary N) is 1. The van der Waals surface area contributed by atoms with E-state index in [0.717, 1.165) is 49.4 Å². The van der Waals surface area contributed by atoms with Crippen LogP contribution < -0.4 is 4.74 Å². The molecule has 6 nitrogen and oxygen atoms in total. The lowest BCUT2D eigenvalue weighted by Crippen LogP contribution is -2.41. The number of hydrogen-bond acceptors (Lipinski definition) is 4. The predicted octanol–water partition coefficient (Wildman–Crippen LogP) is 2.46. The van der Waals surface area contributed by atoms with Crippen molar-refractivity contribution in [3.63, 3.8) is 0 Å². The SMILES string of the molecule is CCc1nc(C)ccc1OCC(=O)N1CCC[C@H](c2ccn[nH]2)C1. The van der Waals surface area contributed by atoms with E-state index < -0.39 is 0 Å². The number of piperidine rings is 1. The fourth-order valence-electron chi connectivity index (χ4n) is 3.16. The average Bonchev–Trinajstić information content (AvgIpc) is 3.15. The number of H-pyrrole nitrogens is 1. The van der Waals surface area contributed by atoms with Crippen LogP contribution in [0.25, 0.3) is 0 Å². The summed E-state index contributed by atoms with van der Waals surface area (Å²) in [6.45, 7) is 5.57. The predicted molar refractivity (Wildman–Crippen MR) is 91.0 cm³/mol. The fraction of sp³-hybridized carbons (Fsp3) is 0.500. The molecule has 0 aromatic carbocycles. The lowest BCUT2D eigenvalue weighted by Gasteiger charge is -2.32. The Bertz CT molecular complexity index is 684. The zero-order valence-corrected chi connectivity index (χ0v) is 14.3. The first-order chi connectivity index (χ1) is 11.7. The molecule has 24 heavy (non-hydrogen) atoms. The Balaban J connectivity index is 1.59. The van der Waals surface area contributed by atoms with E-state index in [-0.39, 0.29) is 12.5 Å². The van der Waals surface area contributed by atoms with Crippen molar-refractivity contribution >= 4 is 5.91 Å². The standard InChI is InChI=1S/C18H24N4O2/c1-3-15-17(7-6-13(2)20-15)24-12-18(23)22-10-4-5-14(11-22)16-8-9-19-21-16/h6-9,14H,3-5,10-12H2,1-2H3,(H,19,21)/t14-/m0/s1. The number of nitrogens with zero attached hydrogens (tertiary/aromatic N) is 3. The Morgan fingerprint density at radius 2 is 2.29 bits per heavy atom. The topological polar surface area (TPSA) is 71.1 Å². The molecule has 0 saturated carbocycles. The number of carbonyl (C=O) groups excluding carboxylic acids is 1. The first kappa shape index (κ1) is 16.5. The Hall–Kier alpha value is -2.37. The van der Waals surface area contributed by atoms with Crippen LogP contribution in [0.4, 0.5) is 0 Å². The third-order valence-electron chi connectivity index (χ3n) is 4.49. The molecule has 6 heteroatoms. The molecule has 2 aromatic heterocycles. The molecular formula is C18H24N4O2. The Labute approximate surface area is 142 Å². The molecule has 0 spiro atoms. The van der Waals surface area contributed by atoms with E-state index in [1.165, 1.54) is 0 Å². The maximum Gasteiger partial charge on any atom is 0.260 e. The van der Waals surface area contributed by atoms with Crippen molar-refractivity contribution in [2.75, 3.05) is 19.7 Å². The number of rotatable bonds is 5. The van der Waals surface area contributed by atoms with E-state index in [0.29, 0.717) is 11.7 Å². The highest BCUT2D eigenvalue weighted by Crippen LogP contribution is 2.25. The van der Waals surface area contributed by atoms with Gasteiger partial charge in [-0.2, -0.15) is 5.10 Å². The van der Waals surface area contributed by atoms with Gasteiger partial charge in [0.25, 0.3) is 5.91 Å². The first-order valence-corrected chi connectivity index (χ1v) is 8.53. The van der Waals surface area contributed by atoms with Gasteiger partial charge >= 0.3 is 0 Å². The van der Waals surface area contributed by atoms with Crippen LogP contribution >= 0.6 is 0 Å². The molecule has 0 bridgehead atoms. The summed E-state index contributed by atoms with van der Waals surface area (Å²) in [6, 6.07) is 5.80. The summed E-state index contributed by atoms with van der Waals surface area (Å²) in [6.07, 6.45) is 4.63. The van der Waals surface area contributed by atoms with Crippen LogP contribution in [0.5, 0.6) is 5.75 Å². The number of aryl methyl sites for hydroxylation is 2. The summed E-state index contributed by atoms with van der Waals surface area (Å²) in [5.41, 5.74) is 2.96. The lowest BCUT2D eigenvalue weighted by atomic mass is 9.95. The van der Waals surface area contributed by atoms with Gasteiger partial charge in [0.1, 0.15) is 5.75 Å². The smallest absolute Gasteiger partial charge is 0.260 e. The van der Waals surface area contributed by atoms with Gasteiger partial charge in [-0.05, 0) is 44.4 Å². The lowest BCUT2D eigenvalue weighted by molar-refractivity contribution is -0.134. The monoisotopic (exact) mass is 328 g/mol. The minimum atomic E-state index is 0.0295. The maximum absolute atomic E-state index is 12.5. The van der Waals surface area contributed by atoms with Crippen molar-refractivity contribution in [1.29, 1.82) is 0 Å². The highest BCUT2D eigenvalue weighted by Gasteiger charge is 2.25. The number of amides is 1. The second-order valence-electron chi connectivity index (χ2n) is 6.23. The van der Waals surface area contributed by atoms with E-state index in [4.69, 9.17) is 4.74 Å². The number of aromatic amines is 1. The molecule has 1 saturated heterocycles. The van der Waals surface area contributed by atoms with Crippen LogP contribution in [0.2, 0.25) is 0 Å². The molecular weight excluding hydrogens is 304 g/mol. The molecule has 0 radical (unpaired) electrons. The molecule has 3 rings (SSSR count). The molecule has 0 unspecified atom stereocenters. The Morgan fingerprint density at radius 1 is 1.42 bits per heavy atom. The number of ether oxygens (including phenoxy) is 1. The van der Waals surface area contributed by atoms with Gasteiger partial charge in [0.2, 0.25) is 0 Å². The molecule has 1 N–H and O–H groups in total. The minimum absolute atomic E-state index is 0.0295. The summed E-state index contributed by atoms with van der Waals surface area (Å²) < 4.78 is 5.75. The molecule has 128 valence electrons. The van der Waals surface area contributed by atoms with Gasteiger partial charge in [0, 0.05) is 36.6 Å². The van der Waals surface area contributed by atoms with Crippen LogP contribution in [-0.2, 0) is 11.2 Å². The summed E-state index contributed by atoms with van der Waals surface area (Å²) in [4.78, 5) is 18.9. The number of aromatic nitrogens is 3. The van der Waals surface area contributed by atoms with Crippen LogP contribution in [0.3, 0.4) is 0 Å². The van der Waals surface area contributed by atoms with Crippen LogP contribution in [0.15, 0.2) is 24.4 Å². The first-order valence-electron chi connectivity index (χ1n) is 8.53. The van der Waals surface area contributed by atoms with E-state index in [2.05, 4.69) is 15.2 Å². The van der Waals surface area contributed by atoms with Crippen LogP contribution in [0.1, 0.15) is 42.8 Å². The Morgan fingerprint density at radius 3 is 3.04 bits per heavy atom. The molecule has 1 fully saturated rings. The number of hydrogen-bond donors (Lipinski definition) is 1. The number of carbonyl (C=O) groups is 1. The third-order valence-corrected chi connectivity index (χ3v) is 4.49. The molecule has 2 aromatic rings. The Kier molecular flexibility index (Phi) is 5.13. The zero-order chi connectivity index (χ0) is 16.9. The molecule has 1 amide bonds. The normalized spacial score (nSPS) is 17.8. The summed E-state index contributed by atoms with van der Waals surface area (Å²) >= 11 is 0. The van der Waals surface area contributed by atoms with Gasteiger partial charge in [0.15, 0.2) is 6.61 Å². The van der Waals surface area contributed by atoms with Crippen molar-refractivity contribution in [2.24, 2.45) is 0 Å². The van der Waals surface area contributed by atoms with Crippen molar-refractivity contribution in [3.8, 4) is 5.75 Å². The highest BCUT2D eigenvalue weighted by atomic mass is 16.5. The quantitative estimate of drug-likeness (QED) is 0.915. The van der Waals surface area contributed by atoms with E-state index in [9.17, 15) is 4.79 Å². The largest absolute Gasteiger partial charge is 0.482 e. The number of likely N-dealkylation sites (tertiary alicyclic amines) is 1. The van der Waals surface area contributed by atoms with Crippen molar-refractivity contribution in [2.45, 2.75) is 39.0 Å². The zero-order valence-electron chi connectivity index (χ0n) is 14.3. The van der Waals surface area contributed by atoms with Crippen molar-refractivity contribution < 1.29 is 9.53 Å². The molecule has 1 atom stereocenters. The molecule has 0 aliphatic carbocycles. The second kappa shape index (κ2) is 7.47. The van der Waals surface area contributed by atoms with Crippen LogP contribution in [-0.4, -0.2) is 45.7 Å². The third kappa shape index (κ3) is 3.75. The van der Waals surface area contributed by atoms with Gasteiger partial charge < -0.3 is 9.64 Å². The summed E-state index contributed by atoms with van der Waals surface area (Å²) in [5.74, 6) is 1.07. The van der Waals surface area contributed by atoms with Gasteiger partial charge in [0.05, 0.1) is 5.69 Å². The van der Waals surface area contributed by atoms with Gasteiger partial charge in [-0.25, -0.2) is 0 Å². The van der Waals surface area contributed by atoms with E-state index in [1.54, 1.807) is 6.20 Å². The fourth-order valence-corrected chi connectivity index (χ4v) is 3.16. The molecule has 1 aliphatic heterocycles. The van der Waals surface area contributed by atoms with Gasteiger partial charge in [-0.1, -0.05) is 6.92 Å². The minimum Gasteiger partial charge on any atom is -0.482 e. The average molecular weight is 328 g/mol. The highest BCUT2D eigenvalue weighted by molar-refractivity contribution is 5.78. The summed E-state index contributed by atoms with van der Waals surface area (Å²) in [7, 11) is 0. The van der Waals surface area contributed by atoms with Gasteiger partial charge in [-0.3, -0.25) is 14.9 Å². The molecule has 3 heterocycles. The molecule has 1 aliphatic rings. The van der Waals surface area contributed by atoms with Crippen molar-refractivity contribution in [1.82, 2.24) is 20.1 Å². The summed E-state index contributed by atoms with van der Waals surface area (Å²) in [5, 5.41) is 7.03. The van der Waals surface area contributed by atoms with E-state index >= 15 is 0 Å². The van der Waals surface area contributed by atoms with Gasteiger partial charge in [-0.15, -0.1) is 0 Å². The number of pyridine rings is 1. The maximum atomic E-state index is 12.5. The van der Waals surface area contributed by atoms with E-state index in [1.807, 2.05) is 36.9 Å². The second-order valence-corrected chi connectivity index (χ2v) is 6.23.